The molecule has 0 aromatic heterocycles. The molecule has 3 nitrogen and oxygen atoms in total. The van der Waals surface area contributed by atoms with Gasteiger partial charge >= 0.3 is 5.97 Å². The first-order valence-electron chi connectivity index (χ1n) is 7.58. The summed E-state index contributed by atoms with van der Waals surface area (Å²) in [6, 6.07) is 5.99. The summed E-state index contributed by atoms with van der Waals surface area (Å²) >= 11 is 0. The van der Waals surface area contributed by atoms with Crippen molar-refractivity contribution in [1.82, 2.24) is 4.90 Å². The maximum absolute atomic E-state index is 13.5. The van der Waals surface area contributed by atoms with Crippen molar-refractivity contribution in [3.8, 4) is 0 Å². The molecule has 0 amide bonds. The van der Waals surface area contributed by atoms with Gasteiger partial charge in [-0.2, -0.15) is 0 Å². The fraction of sp³-hybridized carbons (Fsp3) is 0.588. The number of benzene rings is 1. The Labute approximate surface area is 125 Å². The molecule has 0 aliphatic carbocycles. The smallest absolute Gasteiger partial charge is 0.310 e. The predicted octanol–water partition coefficient (Wildman–Crippen LogP) is 2.87. The molecule has 0 N–H and O–H groups in total. The number of hydrogen-bond acceptors (Lipinski definition) is 3. The molecule has 0 spiro atoms. The Morgan fingerprint density at radius 2 is 2.14 bits per heavy atom. The SMILES string of the molecule is COC(=O)C1C2CC[C@H](C[C@@H]1c1ccc(F)c(C)c1)N2C. The first-order valence-corrected chi connectivity index (χ1v) is 7.58. The van der Waals surface area contributed by atoms with E-state index in [1.165, 1.54) is 13.2 Å². The Morgan fingerprint density at radius 1 is 1.38 bits per heavy atom. The maximum atomic E-state index is 13.5. The van der Waals surface area contributed by atoms with Crippen LogP contribution in [-0.4, -0.2) is 37.1 Å². The van der Waals surface area contributed by atoms with Gasteiger partial charge < -0.3 is 4.74 Å². The highest BCUT2D eigenvalue weighted by Gasteiger charge is 2.49. The van der Waals surface area contributed by atoms with Crippen LogP contribution in [0.25, 0.3) is 0 Å². The van der Waals surface area contributed by atoms with Crippen molar-refractivity contribution in [2.24, 2.45) is 5.92 Å². The number of piperidine rings is 1. The minimum Gasteiger partial charge on any atom is -0.469 e. The molecule has 2 aliphatic heterocycles. The van der Waals surface area contributed by atoms with Crippen LogP contribution >= 0.6 is 0 Å². The molecule has 114 valence electrons. The van der Waals surface area contributed by atoms with Gasteiger partial charge in [-0.15, -0.1) is 0 Å². The molecule has 2 heterocycles. The molecular weight excluding hydrogens is 269 g/mol. The Morgan fingerprint density at radius 3 is 2.81 bits per heavy atom. The summed E-state index contributed by atoms with van der Waals surface area (Å²) in [4.78, 5) is 14.6. The topological polar surface area (TPSA) is 29.5 Å². The monoisotopic (exact) mass is 291 g/mol. The lowest BCUT2D eigenvalue weighted by molar-refractivity contribution is -0.150. The number of halogens is 1. The lowest BCUT2D eigenvalue weighted by atomic mass is 9.76. The minimum atomic E-state index is -0.190. The van der Waals surface area contributed by atoms with E-state index in [0.29, 0.717) is 11.6 Å². The highest BCUT2D eigenvalue weighted by atomic mass is 19.1. The van der Waals surface area contributed by atoms with Crippen LogP contribution < -0.4 is 0 Å². The molecule has 0 saturated carbocycles. The fourth-order valence-electron chi connectivity index (χ4n) is 4.17. The van der Waals surface area contributed by atoms with Gasteiger partial charge in [0.25, 0.3) is 0 Å². The number of fused-ring (bicyclic) bond motifs is 2. The third-order valence-corrected chi connectivity index (χ3v) is 5.35. The van der Waals surface area contributed by atoms with Crippen LogP contribution in [0.1, 0.15) is 36.3 Å². The number of nitrogens with zero attached hydrogens (tertiary/aromatic N) is 1. The summed E-state index contributed by atoms with van der Waals surface area (Å²) in [5.41, 5.74) is 1.71. The largest absolute Gasteiger partial charge is 0.469 e. The van der Waals surface area contributed by atoms with Crippen LogP contribution in [-0.2, 0) is 9.53 Å². The van der Waals surface area contributed by atoms with E-state index in [0.717, 1.165) is 24.8 Å². The zero-order valence-corrected chi connectivity index (χ0v) is 12.8. The maximum Gasteiger partial charge on any atom is 0.310 e. The van der Waals surface area contributed by atoms with Crippen LogP contribution in [0, 0.1) is 18.7 Å². The summed E-state index contributed by atoms with van der Waals surface area (Å²) in [6.45, 7) is 1.77. The van der Waals surface area contributed by atoms with Gasteiger partial charge in [-0.25, -0.2) is 4.39 Å². The Kier molecular flexibility index (Phi) is 3.74. The van der Waals surface area contributed by atoms with Crippen LogP contribution in [0.15, 0.2) is 18.2 Å². The summed E-state index contributed by atoms with van der Waals surface area (Å²) in [6.07, 6.45) is 3.11. The van der Waals surface area contributed by atoms with Gasteiger partial charge in [-0.3, -0.25) is 9.69 Å². The van der Waals surface area contributed by atoms with Crippen LogP contribution in [0.2, 0.25) is 0 Å². The number of carbonyl (C=O) groups is 1. The van der Waals surface area contributed by atoms with Gasteiger partial charge in [0.1, 0.15) is 5.82 Å². The molecule has 21 heavy (non-hydrogen) atoms. The van der Waals surface area contributed by atoms with Gasteiger partial charge in [-0.05, 0) is 50.4 Å². The van der Waals surface area contributed by atoms with E-state index < -0.39 is 0 Å². The minimum absolute atomic E-state index is 0.130. The number of methoxy groups -OCH3 is 1. The van der Waals surface area contributed by atoms with E-state index in [2.05, 4.69) is 11.9 Å². The summed E-state index contributed by atoms with van der Waals surface area (Å²) in [5.74, 6) is -0.350. The second-order valence-corrected chi connectivity index (χ2v) is 6.36. The van der Waals surface area contributed by atoms with Crippen molar-refractivity contribution < 1.29 is 13.9 Å². The molecule has 1 aromatic rings. The number of aryl methyl sites for hydroxylation is 1. The zero-order valence-electron chi connectivity index (χ0n) is 12.8. The molecule has 0 radical (unpaired) electrons. The highest BCUT2D eigenvalue weighted by Crippen LogP contribution is 2.46. The van der Waals surface area contributed by atoms with E-state index in [-0.39, 0.29) is 29.7 Å². The molecule has 1 aromatic carbocycles. The zero-order chi connectivity index (χ0) is 15.1. The Bertz CT molecular complexity index is 560. The van der Waals surface area contributed by atoms with Crippen molar-refractivity contribution >= 4 is 5.97 Å². The Balaban J connectivity index is 1.98. The van der Waals surface area contributed by atoms with Crippen molar-refractivity contribution in [2.75, 3.05) is 14.2 Å². The number of ether oxygens (including phenoxy) is 1. The first kappa shape index (κ1) is 14.5. The third-order valence-electron chi connectivity index (χ3n) is 5.35. The van der Waals surface area contributed by atoms with Crippen molar-refractivity contribution in [3.05, 3.63) is 35.1 Å². The number of carbonyl (C=O) groups excluding carboxylic acids is 1. The quantitative estimate of drug-likeness (QED) is 0.785. The lowest BCUT2D eigenvalue weighted by Crippen LogP contribution is -2.49. The number of hydrogen-bond donors (Lipinski definition) is 0. The summed E-state index contributed by atoms with van der Waals surface area (Å²) in [7, 11) is 3.56. The first-order chi connectivity index (χ1) is 10.0. The van der Waals surface area contributed by atoms with Crippen LogP contribution in [0.3, 0.4) is 0 Å². The summed E-state index contributed by atoms with van der Waals surface area (Å²) in [5, 5.41) is 0. The van der Waals surface area contributed by atoms with E-state index in [1.54, 1.807) is 6.92 Å². The predicted molar refractivity (Wildman–Crippen MR) is 78.6 cm³/mol. The number of esters is 1. The van der Waals surface area contributed by atoms with Crippen molar-refractivity contribution in [1.29, 1.82) is 0 Å². The second-order valence-electron chi connectivity index (χ2n) is 6.36. The molecule has 4 heteroatoms. The molecule has 2 fully saturated rings. The highest BCUT2D eigenvalue weighted by molar-refractivity contribution is 5.75. The molecule has 2 unspecified atom stereocenters. The second kappa shape index (κ2) is 5.41. The van der Waals surface area contributed by atoms with E-state index >= 15 is 0 Å². The summed E-state index contributed by atoms with van der Waals surface area (Å²) < 4.78 is 18.6. The molecule has 2 aliphatic rings. The van der Waals surface area contributed by atoms with Crippen molar-refractivity contribution in [3.63, 3.8) is 0 Å². The van der Waals surface area contributed by atoms with Gasteiger partial charge in [0.05, 0.1) is 13.0 Å². The normalized spacial score (nSPS) is 32.2. The third kappa shape index (κ3) is 2.35. The molecule has 4 atom stereocenters. The van der Waals surface area contributed by atoms with Crippen molar-refractivity contribution in [2.45, 2.75) is 44.2 Å². The van der Waals surface area contributed by atoms with Gasteiger partial charge in [0, 0.05) is 18.0 Å². The molecule has 3 rings (SSSR count). The Hall–Kier alpha value is -1.42. The van der Waals surface area contributed by atoms with E-state index in [4.69, 9.17) is 4.74 Å². The van der Waals surface area contributed by atoms with Gasteiger partial charge in [0.2, 0.25) is 0 Å². The average Bonchev–Trinajstić information content (AvgIpc) is 2.72. The van der Waals surface area contributed by atoms with Gasteiger partial charge in [0.15, 0.2) is 0 Å². The standard InChI is InChI=1S/C17H22FNO2/c1-10-8-11(4-6-14(10)18)13-9-12-5-7-15(19(12)2)16(13)17(20)21-3/h4,6,8,12-13,15-16H,5,7,9H2,1-3H3/t12-,13-,15?,16?/m1/s1. The molecule has 2 bridgehead atoms. The van der Waals surface area contributed by atoms with E-state index in [1.807, 2.05) is 12.1 Å². The van der Waals surface area contributed by atoms with Crippen LogP contribution in [0.4, 0.5) is 4.39 Å². The van der Waals surface area contributed by atoms with Crippen LogP contribution in [0.5, 0.6) is 0 Å². The number of rotatable bonds is 2. The van der Waals surface area contributed by atoms with E-state index in [9.17, 15) is 9.18 Å². The fourth-order valence-corrected chi connectivity index (χ4v) is 4.17. The molecule has 2 saturated heterocycles. The average molecular weight is 291 g/mol. The lowest BCUT2D eigenvalue weighted by Gasteiger charge is -2.41. The van der Waals surface area contributed by atoms with Gasteiger partial charge in [-0.1, -0.05) is 12.1 Å². The molecular formula is C17H22FNO2.